The number of ether oxygens (including phenoxy) is 1. The number of amidine groups is 1. The Balaban J connectivity index is 2.09. The van der Waals surface area contributed by atoms with Crippen LogP contribution in [0.1, 0.15) is 0 Å². The summed E-state index contributed by atoms with van der Waals surface area (Å²) >= 11 is 0. The fourth-order valence-corrected chi connectivity index (χ4v) is 1.66. The second kappa shape index (κ2) is 4.96. The molecule has 0 bridgehead atoms. The number of morpholine rings is 1. The summed E-state index contributed by atoms with van der Waals surface area (Å²) in [5.41, 5.74) is 5.48. The van der Waals surface area contributed by atoms with Crippen LogP contribution in [0.2, 0.25) is 0 Å². The first-order valence-electron chi connectivity index (χ1n) is 5.16. The van der Waals surface area contributed by atoms with Crippen molar-refractivity contribution in [1.29, 1.82) is 0 Å². The molecule has 2 heterocycles. The van der Waals surface area contributed by atoms with E-state index in [1.807, 2.05) is 4.90 Å². The van der Waals surface area contributed by atoms with Gasteiger partial charge in [-0.2, -0.15) is 0 Å². The Kier molecular flexibility index (Phi) is 3.38. The molecule has 0 spiro atoms. The van der Waals surface area contributed by atoms with E-state index in [2.05, 4.69) is 10.1 Å². The zero-order chi connectivity index (χ0) is 12.3. The number of oxime groups is 1. The maximum atomic E-state index is 12.7. The van der Waals surface area contributed by atoms with Crippen molar-refractivity contribution < 1.29 is 14.3 Å². The van der Waals surface area contributed by atoms with E-state index in [1.165, 1.54) is 6.07 Å². The van der Waals surface area contributed by atoms with Crippen LogP contribution >= 0.6 is 0 Å². The third-order valence-corrected chi connectivity index (χ3v) is 2.55. The number of halogens is 1. The first-order valence-corrected chi connectivity index (χ1v) is 5.16. The summed E-state index contributed by atoms with van der Waals surface area (Å²) in [7, 11) is 0. The summed E-state index contributed by atoms with van der Waals surface area (Å²) in [4.78, 5) is 5.87. The van der Waals surface area contributed by atoms with Gasteiger partial charge in [0.25, 0.3) is 0 Å². The van der Waals surface area contributed by atoms with E-state index in [0.29, 0.717) is 25.5 Å². The third-order valence-electron chi connectivity index (χ3n) is 2.55. The van der Waals surface area contributed by atoms with E-state index in [1.54, 1.807) is 6.07 Å². The lowest BCUT2D eigenvalue weighted by atomic mass is 10.2. The van der Waals surface area contributed by atoms with E-state index < -0.39 is 6.10 Å². The minimum absolute atomic E-state index is 0.0248. The monoisotopic (exact) mass is 240 g/mol. The summed E-state index contributed by atoms with van der Waals surface area (Å²) in [6.07, 6.45) is 0.684. The summed E-state index contributed by atoms with van der Waals surface area (Å²) in [5, 5.41) is 11.5. The van der Waals surface area contributed by atoms with Crippen LogP contribution < -0.4 is 10.6 Å². The van der Waals surface area contributed by atoms with Gasteiger partial charge in [-0.15, -0.1) is 0 Å². The van der Waals surface area contributed by atoms with Crippen molar-refractivity contribution >= 4 is 11.7 Å². The first-order chi connectivity index (χ1) is 8.20. The molecule has 1 atom stereocenters. The topological polar surface area (TPSA) is 84.0 Å². The molecule has 17 heavy (non-hydrogen) atoms. The molecule has 1 saturated heterocycles. The van der Waals surface area contributed by atoms with Crippen LogP contribution in [-0.2, 0) is 4.74 Å². The van der Waals surface area contributed by atoms with Gasteiger partial charge in [-0.1, -0.05) is 5.16 Å². The predicted octanol–water partition coefficient (Wildman–Crippen LogP) is 0.172. The Bertz CT molecular complexity index is 409. The molecule has 1 aliphatic heterocycles. The number of rotatable bonds is 2. The van der Waals surface area contributed by atoms with Crippen molar-refractivity contribution in [2.24, 2.45) is 10.9 Å². The second-order valence-electron chi connectivity index (χ2n) is 3.66. The standard InChI is InChI=1S/C10H13FN4O2/c11-7-1-2-9(13-5-7)15-3-4-17-8(6-15)10(12)14-16/h1-2,5,8,16H,3-4,6H2,(H2,12,14). The largest absolute Gasteiger partial charge is 0.409 e. The van der Waals surface area contributed by atoms with Crippen molar-refractivity contribution in [3.63, 3.8) is 0 Å². The number of nitrogens with two attached hydrogens (primary N) is 1. The molecule has 1 unspecified atom stereocenters. The lowest BCUT2D eigenvalue weighted by Crippen LogP contribution is -2.48. The lowest BCUT2D eigenvalue weighted by molar-refractivity contribution is 0.0804. The molecular weight excluding hydrogens is 227 g/mol. The molecule has 1 aliphatic rings. The fraction of sp³-hybridized carbons (Fsp3) is 0.400. The summed E-state index contributed by atoms with van der Waals surface area (Å²) in [6.45, 7) is 1.50. The van der Waals surface area contributed by atoms with Crippen molar-refractivity contribution in [2.45, 2.75) is 6.10 Å². The van der Waals surface area contributed by atoms with Gasteiger partial charge in [0.2, 0.25) is 0 Å². The number of hydrogen-bond donors (Lipinski definition) is 2. The number of anilines is 1. The molecule has 0 amide bonds. The van der Waals surface area contributed by atoms with Crippen LogP contribution in [0.3, 0.4) is 0 Å². The van der Waals surface area contributed by atoms with E-state index >= 15 is 0 Å². The van der Waals surface area contributed by atoms with Gasteiger partial charge in [0.1, 0.15) is 17.7 Å². The molecule has 6 nitrogen and oxygen atoms in total. The molecule has 1 fully saturated rings. The van der Waals surface area contributed by atoms with E-state index in [4.69, 9.17) is 15.7 Å². The Hall–Kier alpha value is -1.89. The molecule has 0 aromatic carbocycles. The first kappa shape index (κ1) is 11.6. The summed E-state index contributed by atoms with van der Waals surface area (Å²) < 4.78 is 18.1. The van der Waals surface area contributed by atoms with Crippen LogP contribution in [0.5, 0.6) is 0 Å². The Morgan fingerprint density at radius 2 is 2.47 bits per heavy atom. The quantitative estimate of drug-likeness (QED) is 0.333. The highest BCUT2D eigenvalue weighted by Crippen LogP contribution is 2.15. The minimum atomic E-state index is -0.472. The Morgan fingerprint density at radius 1 is 1.65 bits per heavy atom. The zero-order valence-corrected chi connectivity index (χ0v) is 9.08. The molecule has 1 aromatic rings. The van der Waals surface area contributed by atoms with Crippen LogP contribution in [-0.4, -0.2) is 41.8 Å². The Morgan fingerprint density at radius 3 is 3.12 bits per heavy atom. The van der Waals surface area contributed by atoms with Gasteiger partial charge >= 0.3 is 0 Å². The maximum Gasteiger partial charge on any atom is 0.170 e. The highest BCUT2D eigenvalue weighted by atomic mass is 19.1. The van der Waals surface area contributed by atoms with Gasteiger partial charge in [-0.05, 0) is 12.1 Å². The van der Waals surface area contributed by atoms with Gasteiger partial charge in [0, 0.05) is 6.54 Å². The van der Waals surface area contributed by atoms with Gasteiger partial charge in [0.15, 0.2) is 5.84 Å². The van der Waals surface area contributed by atoms with Crippen molar-refractivity contribution in [2.75, 3.05) is 24.6 Å². The molecule has 7 heteroatoms. The smallest absolute Gasteiger partial charge is 0.170 e. The molecule has 0 aliphatic carbocycles. The fourth-order valence-electron chi connectivity index (χ4n) is 1.66. The van der Waals surface area contributed by atoms with Crippen LogP contribution in [0.25, 0.3) is 0 Å². The molecule has 1 aromatic heterocycles. The minimum Gasteiger partial charge on any atom is -0.409 e. The normalized spacial score (nSPS) is 21.6. The van der Waals surface area contributed by atoms with Gasteiger partial charge in [-0.3, -0.25) is 0 Å². The molecule has 2 rings (SSSR count). The van der Waals surface area contributed by atoms with Gasteiger partial charge in [0.05, 0.1) is 19.3 Å². The number of pyridine rings is 1. The van der Waals surface area contributed by atoms with Crippen LogP contribution in [0, 0.1) is 5.82 Å². The number of aromatic nitrogens is 1. The third kappa shape index (κ3) is 2.62. The van der Waals surface area contributed by atoms with E-state index in [0.717, 1.165) is 6.20 Å². The average molecular weight is 240 g/mol. The second-order valence-corrected chi connectivity index (χ2v) is 3.66. The SMILES string of the molecule is NC(=NO)C1CN(c2ccc(F)cn2)CCO1. The van der Waals surface area contributed by atoms with E-state index in [-0.39, 0.29) is 11.7 Å². The molecular formula is C10H13FN4O2. The van der Waals surface area contributed by atoms with Crippen molar-refractivity contribution in [3.8, 4) is 0 Å². The maximum absolute atomic E-state index is 12.7. The van der Waals surface area contributed by atoms with Crippen LogP contribution in [0.4, 0.5) is 10.2 Å². The molecule has 0 saturated carbocycles. The summed E-state index contributed by atoms with van der Waals surface area (Å²) in [5.74, 6) is 0.289. The highest BCUT2D eigenvalue weighted by Gasteiger charge is 2.24. The number of hydrogen-bond acceptors (Lipinski definition) is 5. The average Bonchev–Trinajstić information content (AvgIpc) is 2.39. The summed E-state index contributed by atoms with van der Waals surface area (Å²) in [6, 6.07) is 2.93. The Labute approximate surface area is 97.5 Å². The van der Waals surface area contributed by atoms with Crippen LogP contribution in [0.15, 0.2) is 23.5 Å². The van der Waals surface area contributed by atoms with Gasteiger partial charge in [-0.25, -0.2) is 9.37 Å². The highest BCUT2D eigenvalue weighted by molar-refractivity contribution is 5.85. The van der Waals surface area contributed by atoms with Gasteiger partial charge < -0.3 is 20.6 Å². The molecule has 0 radical (unpaired) electrons. The lowest BCUT2D eigenvalue weighted by Gasteiger charge is -2.32. The predicted molar refractivity (Wildman–Crippen MR) is 59.6 cm³/mol. The van der Waals surface area contributed by atoms with Crippen molar-refractivity contribution in [1.82, 2.24) is 4.98 Å². The van der Waals surface area contributed by atoms with E-state index in [9.17, 15) is 4.39 Å². The van der Waals surface area contributed by atoms with Crippen molar-refractivity contribution in [3.05, 3.63) is 24.1 Å². The molecule has 92 valence electrons. The number of nitrogens with zero attached hydrogens (tertiary/aromatic N) is 3. The zero-order valence-electron chi connectivity index (χ0n) is 9.08. The molecule has 3 N–H and O–H groups in total.